The number of halogens is 1. The van der Waals surface area contributed by atoms with Gasteiger partial charge in [0.1, 0.15) is 0 Å². The molecule has 0 heterocycles. The van der Waals surface area contributed by atoms with Crippen LogP contribution >= 0.6 is 0 Å². The summed E-state index contributed by atoms with van der Waals surface area (Å²) in [6.07, 6.45) is 1.88. The molecule has 0 aromatic carbocycles. The van der Waals surface area contributed by atoms with Gasteiger partial charge in [0.2, 0.25) is 0 Å². The average molecular weight is 163 g/mol. The minimum absolute atomic E-state index is 0.0926. The van der Waals surface area contributed by atoms with Gasteiger partial charge in [0, 0.05) is 6.61 Å². The van der Waals surface area contributed by atoms with Crippen molar-refractivity contribution in [3.8, 4) is 0 Å². The average Bonchev–Trinajstić information content (AvgIpc) is 1.86. The smallest absolute Gasteiger partial charge is 0.0876 e. The summed E-state index contributed by atoms with van der Waals surface area (Å²) in [4.78, 5) is 0. The number of nitrogens with two attached hydrogens (primary N) is 2. The quantitative estimate of drug-likeness (QED) is 0.264. The molecular formula is C6H14FN3O. The highest BCUT2D eigenvalue weighted by atomic mass is 19.2. The molecule has 0 saturated heterocycles. The van der Waals surface area contributed by atoms with Crippen molar-refractivity contribution in [2.75, 3.05) is 13.2 Å². The first-order chi connectivity index (χ1) is 5.16. The number of hydrazine groups is 1. The second kappa shape index (κ2) is 5.94. The van der Waals surface area contributed by atoms with Gasteiger partial charge in [-0.05, 0) is 6.42 Å². The summed E-state index contributed by atoms with van der Waals surface area (Å²) in [6, 6.07) is 0. The molecule has 0 spiro atoms. The fourth-order valence-corrected chi connectivity index (χ4v) is 0.530. The first kappa shape index (κ1) is 10.2. The van der Waals surface area contributed by atoms with Gasteiger partial charge in [-0.3, -0.25) is 0 Å². The zero-order valence-corrected chi connectivity index (χ0v) is 6.59. The summed E-state index contributed by atoms with van der Waals surface area (Å²) in [7, 11) is 0. The Bertz CT molecular complexity index is 127. The van der Waals surface area contributed by atoms with Gasteiger partial charge in [-0.1, -0.05) is 11.4 Å². The fourth-order valence-electron chi connectivity index (χ4n) is 0.530. The minimum atomic E-state index is -0.0926. The van der Waals surface area contributed by atoms with Crippen LogP contribution in [0.5, 0.6) is 0 Å². The van der Waals surface area contributed by atoms with Gasteiger partial charge in [0.05, 0.1) is 18.5 Å². The van der Waals surface area contributed by atoms with E-state index in [1.807, 2.05) is 6.92 Å². The second-order valence-corrected chi connectivity index (χ2v) is 2.10. The van der Waals surface area contributed by atoms with Gasteiger partial charge < -0.3 is 10.5 Å². The highest BCUT2D eigenvalue weighted by Crippen LogP contribution is 1.89. The lowest BCUT2D eigenvalue weighted by Gasteiger charge is -2.04. The molecule has 5 heteroatoms. The molecular weight excluding hydrogens is 149 g/mol. The van der Waals surface area contributed by atoms with E-state index in [1.165, 1.54) is 0 Å². The normalized spacial score (nSPS) is 11.7. The van der Waals surface area contributed by atoms with Crippen LogP contribution in [0.3, 0.4) is 0 Å². The molecule has 0 aliphatic carbocycles. The van der Waals surface area contributed by atoms with Crippen molar-refractivity contribution in [3.05, 3.63) is 11.9 Å². The van der Waals surface area contributed by atoms with Crippen molar-refractivity contribution < 1.29 is 9.22 Å². The summed E-state index contributed by atoms with van der Waals surface area (Å²) < 4.78 is 16.9. The maximum Gasteiger partial charge on any atom is 0.0876 e. The molecule has 0 aliphatic rings. The van der Waals surface area contributed by atoms with Gasteiger partial charge in [-0.25, -0.2) is 5.84 Å². The minimum Gasteiger partial charge on any atom is -0.399 e. The lowest BCUT2D eigenvalue weighted by molar-refractivity contribution is 0.0852. The Morgan fingerprint density at radius 1 is 1.73 bits per heavy atom. The van der Waals surface area contributed by atoms with E-state index < -0.39 is 0 Å². The largest absolute Gasteiger partial charge is 0.399 e. The van der Waals surface area contributed by atoms with Crippen LogP contribution in [-0.4, -0.2) is 18.4 Å². The van der Waals surface area contributed by atoms with E-state index in [1.54, 1.807) is 0 Å². The highest BCUT2D eigenvalue weighted by Gasteiger charge is 1.92. The van der Waals surface area contributed by atoms with E-state index in [0.29, 0.717) is 6.61 Å². The molecule has 0 fully saturated rings. The molecule has 0 aromatic rings. The van der Waals surface area contributed by atoms with Gasteiger partial charge >= 0.3 is 0 Å². The summed E-state index contributed by atoms with van der Waals surface area (Å²) >= 11 is 0. The zero-order chi connectivity index (χ0) is 8.69. The van der Waals surface area contributed by atoms with Crippen LogP contribution in [0.4, 0.5) is 4.48 Å². The van der Waals surface area contributed by atoms with Gasteiger partial charge in [-0.2, -0.15) is 0 Å². The third kappa shape index (κ3) is 7.08. The molecule has 66 valence electrons. The SMILES string of the molecule is CCCOC/C(N)=C\N(N)F. The maximum atomic E-state index is 11.9. The van der Waals surface area contributed by atoms with E-state index in [-0.39, 0.29) is 17.5 Å². The second-order valence-electron chi connectivity index (χ2n) is 2.10. The monoisotopic (exact) mass is 163 g/mol. The van der Waals surface area contributed by atoms with E-state index in [4.69, 9.17) is 10.5 Å². The van der Waals surface area contributed by atoms with Crippen LogP contribution < -0.4 is 11.6 Å². The highest BCUT2D eigenvalue weighted by molar-refractivity contribution is 4.93. The van der Waals surface area contributed by atoms with Gasteiger partial charge in [0.15, 0.2) is 0 Å². The predicted molar refractivity (Wildman–Crippen MR) is 40.5 cm³/mol. The molecule has 4 N–H and O–H groups in total. The summed E-state index contributed by atoms with van der Waals surface area (Å²) in [5.41, 5.74) is 5.56. The number of ether oxygens (including phenoxy) is 1. The van der Waals surface area contributed by atoms with E-state index in [2.05, 4.69) is 5.84 Å². The van der Waals surface area contributed by atoms with Crippen molar-refractivity contribution >= 4 is 0 Å². The van der Waals surface area contributed by atoms with Crippen LogP contribution in [0, 0.1) is 0 Å². The van der Waals surface area contributed by atoms with Crippen LogP contribution in [-0.2, 0) is 4.74 Å². The van der Waals surface area contributed by atoms with Crippen molar-refractivity contribution in [2.45, 2.75) is 13.3 Å². The molecule has 0 saturated carbocycles. The summed E-state index contributed by atoms with van der Waals surface area (Å²) in [5.74, 6) is 4.65. The third-order valence-electron chi connectivity index (χ3n) is 0.906. The van der Waals surface area contributed by atoms with E-state index in [9.17, 15) is 4.48 Å². The maximum absolute atomic E-state index is 11.9. The number of hydrogen-bond acceptors (Lipinski definition) is 4. The lowest BCUT2D eigenvalue weighted by atomic mass is 10.5. The van der Waals surface area contributed by atoms with Crippen LogP contribution in [0.2, 0.25) is 0 Å². The standard InChI is InChI=1S/C6H14FN3O/c1-2-3-11-5-6(8)4-10(7)9/h4H,2-3,5,8-9H2,1H3/b6-4+. The molecule has 0 rings (SSSR count). The topological polar surface area (TPSA) is 64.5 Å². The number of rotatable bonds is 5. The molecule has 11 heavy (non-hydrogen) atoms. The first-order valence-corrected chi connectivity index (χ1v) is 3.40. The molecule has 0 amide bonds. The summed E-state index contributed by atoms with van der Waals surface area (Å²) in [6.45, 7) is 2.81. The predicted octanol–water partition coefficient (Wildman–Crippen LogP) is 0.273. The van der Waals surface area contributed by atoms with Crippen LogP contribution in [0.25, 0.3) is 0 Å². The Morgan fingerprint density at radius 2 is 2.36 bits per heavy atom. The van der Waals surface area contributed by atoms with Gasteiger partial charge in [-0.15, -0.1) is 5.23 Å². The molecule has 0 bridgehead atoms. The molecule has 0 aliphatic heterocycles. The zero-order valence-electron chi connectivity index (χ0n) is 6.59. The van der Waals surface area contributed by atoms with Crippen LogP contribution in [0.1, 0.15) is 13.3 Å². The van der Waals surface area contributed by atoms with E-state index >= 15 is 0 Å². The molecule has 0 radical (unpaired) electrons. The van der Waals surface area contributed by atoms with Crippen molar-refractivity contribution in [3.63, 3.8) is 0 Å². The molecule has 0 aromatic heterocycles. The Kier molecular flexibility index (Phi) is 5.50. The Labute approximate surface area is 65.5 Å². The Morgan fingerprint density at radius 3 is 2.82 bits per heavy atom. The van der Waals surface area contributed by atoms with Crippen molar-refractivity contribution in [1.29, 1.82) is 0 Å². The third-order valence-corrected chi connectivity index (χ3v) is 0.906. The summed E-state index contributed by atoms with van der Waals surface area (Å²) in [5, 5.41) is -0.0926. The van der Waals surface area contributed by atoms with Crippen molar-refractivity contribution in [2.24, 2.45) is 11.6 Å². The number of hydrogen-bond donors (Lipinski definition) is 2. The molecule has 0 atom stereocenters. The Balaban J connectivity index is 3.43. The first-order valence-electron chi connectivity index (χ1n) is 3.40. The fraction of sp³-hybridized carbons (Fsp3) is 0.667. The van der Waals surface area contributed by atoms with Gasteiger partial charge in [0.25, 0.3) is 0 Å². The molecule has 4 nitrogen and oxygen atoms in total. The number of nitrogens with zero attached hydrogens (tertiary/aromatic N) is 1. The lowest BCUT2D eigenvalue weighted by Crippen LogP contribution is -2.18. The Hall–Kier alpha value is -0.810. The van der Waals surface area contributed by atoms with Crippen LogP contribution in [0.15, 0.2) is 11.9 Å². The van der Waals surface area contributed by atoms with E-state index in [0.717, 1.165) is 12.6 Å². The van der Waals surface area contributed by atoms with Crippen molar-refractivity contribution in [1.82, 2.24) is 5.23 Å². The molecule has 0 unspecified atom stereocenters.